The molecule has 0 saturated carbocycles. The van der Waals surface area contributed by atoms with E-state index in [-0.39, 0.29) is 12.2 Å². The van der Waals surface area contributed by atoms with Crippen molar-refractivity contribution in [1.82, 2.24) is 0 Å². The molecule has 102 valence electrons. The highest BCUT2D eigenvalue weighted by Gasteiger charge is 2.40. The largest absolute Gasteiger partial charge is 0.475 e. The molecule has 4 nitrogen and oxygen atoms in total. The van der Waals surface area contributed by atoms with Crippen LogP contribution in [0.2, 0.25) is 0 Å². The van der Waals surface area contributed by atoms with Crippen molar-refractivity contribution >= 4 is 7.82 Å². The van der Waals surface area contributed by atoms with Gasteiger partial charge in [0.15, 0.2) is 0 Å². The van der Waals surface area contributed by atoms with Crippen LogP contribution in [0.25, 0.3) is 0 Å². The fourth-order valence-electron chi connectivity index (χ4n) is 2.38. The highest BCUT2D eigenvalue weighted by Crippen LogP contribution is 2.56. The summed E-state index contributed by atoms with van der Waals surface area (Å²) in [6.45, 7) is 0.291. The SMILES string of the molecule is O=[P@@]12OCC=C[C@@H](C[C@H](CCc3ccccc3)O1)O2. The second kappa shape index (κ2) is 5.59. The molecule has 1 aromatic carbocycles. The summed E-state index contributed by atoms with van der Waals surface area (Å²) in [6.07, 6.45) is 5.99. The van der Waals surface area contributed by atoms with E-state index in [1.165, 1.54) is 5.56 Å². The van der Waals surface area contributed by atoms with Crippen molar-refractivity contribution in [2.24, 2.45) is 0 Å². The third kappa shape index (κ3) is 3.34. The molecule has 2 aliphatic heterocycles. The van der Waals surface area contributed by atoms with Crippen molar-refractivity contribution in [3.63, 3.8) is 0 Å². The molecule has 1 aromatic rings. The van der Waals surface area contributed by atoms with Crippen molar-refractivity contribution < 1.29 is 18.1 Å². The van der Waals surface area contributed by atoms with E-state index in [2.05, 4.69) is 12.1 Å². The summed E-state index contributed by atoms with van der Waals surface area (Å²) in [6, 6.07) is 10.2. The maximum absolute atomic E-state index is 12.2. The van der Waals surface area contributed by atoms with Gasteiger partial charge in [-0.25, -0.2) is 4.57 Å². The van der Waals surface area contributed by atoms with Gasteiger partial charge in [-0.3, -0.25) is 13.6 Å². The normalized spacial score (nSPS) is 33.9. The molecular weight excluding hydrogens is 263 g/mol. The number of hydrogen-bond donors (Lipinski definition) is 0. The molecular formula is C14H17O4P. The predicted octanol–water partition coefficient (Wildman–Crippen LogP) is 3.49. The molecule has 0 aliphatic carbocycles. The van der Waals surface area contributed by atoms with Gasteiger partial charge in [-0.1, -0.05) is 42.5 Å². The Morgan fingerprint density at radius 2 is 2.05 bits per heavy atom. The number of phosphoric acid groups is 1. The van der Waals surface area contributed by atoms with E-state index in [0.717, 1.165) is 19.3 Å². The number of hydrogen-bond acceptors (Lipinski definition) is 4. The maximum Gasteiger partial charge on any atom is 0.475 e. The van der Waals surface area contributed by atoms with Gasteiger partial charge in [0, 0.05) is 6.42 Å². The van der Waals surface area contributed by atoms with Gasteiger partial charge in [0.2, 0.25) is 0 Å². The molecule has 2 bridgehead atoms. The summed E-state index contributed by atoms with van der Waals surface area (Å²) in [5.41, 5.74) is 1.26. The molecule has 0 amide bonds. The third-order valence-electron chi connectivity index (χ3n) is 3.32. The fourth-order valence-corrected chi connectivity index (χ4v) is 3.86. The van der Waals surface area contributed by atoms with Gasteiger partial charge in [-0.05, 0) is 18.4 Å². The van der Waals surface area contributed by atoms with Crippen molar-refractivity contribution in [1.29, 1.82) is 0 Å². The zero-order chi connectivity index (χ0) is 13.1. The molecule has 2 aliphatic rings. The summed E-state index contributed by atoms with van der Waals surface area (Å²) in [7, 11) is -3.35. The zero-order valence-electron chi connectivity index (χ0n) is 10.6. The Kier molecular flexibility index (Phi) is 3.85. The first-order chi connectivity index (χ1) is 9.23. The van der Waals surface area contributed by atoms with E-state index >= 15 is 0 Å². The Labute approximate surface area is 113 Å². The molecule has 2 heterocycles. The van der Waals surface area contributed by atoms with Gasteiger partial charge in [-0.2, -0.15) is 0 Å². The summed E-state index contributed by atoms with van der Waals surface area (Å²) >= 11 is 0. The first-order valence-corrected chi connectivity index (χ1v) is 8.01. The van der Waals surface area contributed by atoms with Crippen LogP contribution in [0.15, 0.2) is 42.5 Å². The molecule has 5 heteroatoms. The Hall–Kier alpha value is -0.930. The minimum atomic E-state index is -3.35. The lowest BCUT2D eigenvalue weighted by molar-refractivity contribution is 0.0101. The van der Waals surface area contributed by atoms with Crippen LogP contribution in [-0.4, -0.2) is 18.8 Å². The van der Waals surface area contributed by atoms with Crippen LogP contribution >= 0.6 is 7.82 Å². The predicted molar refractivity (Wildman–Crippen MR) is 71.8 cm³/mol. The lowest BCUT2D eigenvalue weighted by Gasteiger charge is -2.31. The van der Waals surface area contributed by atoms with Crippen LogP contribution in [-0.2, 0) is 24.6 Å². The van der Waals surface area contributed by atoms with Crippen LogP contribution in [0.4, 0.5) is 0 Å². The Morgan fingerprint density at radius 3 is 2.89 bits per heavy atom. The van der Waals surface area contributed by atoms with E-state index in [9.17, 15) is 4.57 Å². The van der Waals surface area contributed by atoms with Gasteiger partial charge >= 0.3 is 7.82 Å². The van der Waals surface area contributed by atoms with E-state index in [1.807, 2.05) is 30.4 Å². The first kappa shape index (κ1) is 13.1. The molecule has 0 unspecified atom stereocenters. The number of aryl methyl sites for hydroxylation is 1. The molecule has 1 fully saturated rings. The molecule has 19 heavy (non-hydrogen) atoms. The minimum Gasteiger partial charge on any atom is -0.283 e. The van der Waals surface area contributed by atoms with E-state index < -0.39 is 7.82 Å². The zero-order valence-corrected chi connectivity index (χ0v) is 11.5. The highest BCUT2D eigenvalue weighted by molar-refractivity contribution is 7.48. The molecule has 0 aromatic heterocycles. The van der Waals surface area contributed by atoms with Crippen LogP contribution in [0.5, 0.6) is 0 Å². The van der Waals surface area contributed by atoms with Crippen LogP contribution in [0, 0.1) is 0 Å². The Bertz CT molecular complexity index is 499. The average molecular weight is 280 g/mol. The smallest absolute Gasteiger partial charge is 0.283 e. The van der Waals surface area contributed by atoms with Crippen molar-refractivity contribution in [2.45, 2.75) is 31.5 Å². The van der Waals surface area contributed by atoms with Gasteiger partial charge < -0.3 is 0 Å². The quantitative estimate of drug-likeness (QED) is 0.628. The number of fused-ring (bicyclic) bond motifs is 2. The van der Waals surface area contributed by atoms with Gasteiger partial charge in [0.1, 0.15) is 0 Å². The Morgan fingerprint density at radius 1 is 1.21 bits per heavy atom. The molecule has 0 radical (unpaired) electrons. The molecule has 0 spiro atoms. The van der Waals surface area contributed by atoms with Crippen molar-refractivity contribution in [2.75, 3.05) is 6.61 Å². The third-order valence-corrected chi connectivity index (χ3v) is 4.87. The monoisotopic (exact) mass is 280 g/mol. The standard InChI is InChI=1S/C14H17O4P/c15-19-16-10-4-7-13(17-19)11-14(18-19)9-8-12-5-2-1-3-6-12/h1-7,13-14H,8-11H2/t13-,14-,19-/m0/s1. The molecule has 3 atom stereocenters. The van der Waals surface area contributed by atoms with E-state index in [0.29, 0.717) is 6.61 Å². The maximum atomic E-state index is 12.2. The second-order valence-corrected chi connectivity index (χ2v) is 6.38. The van der Waals surface area contributed by atoms with Crippen LogP contribution < -0.4 is 0 Å². The van der Waals surface area contributed by atoms with Crippen LogP contribution in [0.3, 0.4) is 0 Å². The average Bonchev–Trinajstić information content (AvgIpc) is 2.55. The number of rotatable bonds is 3. The fraction of sp³-hybridized carbons (Fsp3) is 0.429. The van der Waals surface area contributed by atoms with E-state index in [4.69, 9.17) is 13.6 Å². The van der Waals surface area contributed by atoms with Gasteiger partial charge in [0.25, 0.3) is 0 Å². The van der Waals surface area contributed by atoms with Crippen molar-refractivity contribution in [3.05, 3.63) is 48.0 Å². The van der Waals surface area contributed by atoms with Crippen LogP contribution in [0.1, 0.15) is 18.4 Å². The van der Waals surface area contributed by atoms with Gasteiger partial charge in [0.05, 0.1) is 18.8 Å². The lowest BCUT2D eigenvalue weighted by Crippen LogP contribution is -2.27. The molecule has 3 rings (SSSR count). The minimum absolute atomic E-state index is 0.0764. The Balaban J connectivity index is 1.63. The summed E-state index contributed by atoms with van der Waals surface area (Å²) in [5.74, 6) is 0. The summed E-state index contributed by atoms with van der Waals surface area (Å²) in [5, 5.41) is 0. The second-order valence-electron chi connectivity index (χ2n) is 4.80. The summed E-state index contributed by atoms with van der Waals surface area (Å²) < 4.78 is 28.2. The van der Waals surface area contributed by atoms with Crippen molar-refractivity contribution in [3.8, 4) is 0 Å². The lowest BCUT2D eigenvalue weighted by atomic mass is 10.0. The topological polar surface area (TPSA) is 44.8 Å². The number of benzene rings is 1. The first-order valence-electron chi connectivity index (χ1n) is 6.55. The molecule has 1 saturated heterocycles. The summed E-state index contributed by atoms with van der Waals surface area (Å²) in [4.78, 5) is 0. The highest BCUT2D eigenvalue weighted by atomic mass is 31.2. The molecule has 0 N–H and O–H groups in total. The van der Waals surface area contributed by atoms with E-state index in [1.54, 1.807) is 0 Å². The van der Waals surface area contributed by atoms with Gasteiger partial charge in [-0.15, -0.1) is 0 Å². The number of phosphoric ester groups is 1.